The monoisotopic (exact) mass is 563 g/mol. The van der Waals surface area contributed by atoms with Crippen LogP contribution < -0.4 is 0 Å². The van der Waals surface area contributed by atoms with Gasteiger partial charge in [-0.2, -0.15) is 0 Å². The molecule has 0 aromatic carbocycles. The second-order valence-corrected chi connectivity index (χ2v) is 12.7. The van der Waals surface area contributed by atoms with Gasteiger partial charge in [-0.15, -0.1) is 24.9 Å². The quantitative estimate of drug-likeness (QED) is 0.183. The van der Waals surface area contributed by atoms with E-state index in [4.69, 9.17) is 9.47 Å². The van der Waals surface area contributed by atoms with Crippen molar-refractivity contribution < 1.29 is 29.0 Å². The molecule has 1 N–H and O–H groups in total. The van der Waals surface area contributed by atoms with Crippen LogP contribution >= 0.6 is 11.8 Å². The number of aliphatic hydroxyl groups is 1. The van der Waals surface area contributed by atoms with Crippen LogP contribution in [0.1, 0.15) is 39.0 Å². The van der Waals surface area contributed by atoms with Crippen LogP contribution in [-0.2, 0) is 23.9 Å². The highest BCUT2D eigenvalue weighted by Crippen LogP contribution is 2.68. The molecule has 4 aliphatic heterocycles. The van der Waals surface area contributed by atoms with Gasteiger partial charge in [0.05, 0.1) is 36.4 Å². The Labute approximate surface area is 236 Å². The Morgan fingerprint density at radius 3 is 2.67 bits per heavy atom. The third-order valence-electron chi connectivity index (χ3n) is 8.81. The van der Waals surface area contributed by atoms with Crippen LogP contribution in [0.3, 0.4) is 0 Å². The molecule has 2 bridgehead atoms. The van der Waals surface area contributed by atoms with Crippen LogP contribution in [0.15, 0.2) is 25.3 Å². The third-order valence-corrected chi connectivity index (χ3v) is 10.9. The summed E-state index contributed by atoms with van der Waals surface area (Å²) in [7, 11) is 0. The highest BCUT2D eigenvalue weighted by molar-refractivity contribution is 8.02. The molecule has 6 atom stereocenters. The lowest BCUT2D eigenvalue weighted by molar-refractivity contribution is -0.154. The van der Waals surface area contributed by atoms with Gasteiger partial charge in [-0.05, 0) is 38.0 Å². The smallest absolute Gasteiger partial charge is 0.310 e. The van der Waals surface area contributed by atoms with Crippen molar-refractivity contribution in [3.63, 3.8) is 0 Å². The molecule has 0 aromatic rings. The van der Waals surface area contributed by atoms with Crippen molar-refractivity contribution in [2.75, 3.05) is 65.7 Å². The van der Waals surface area contributed by atoms with Crippen molar-refractivity contribution in [2.45, 2.75) is 55.1 Å². The lowest BCUT2D eigenvalue weighted by Crippen LogP contribution is -2.58. The SMILES string of the molecule is C=CCCCCOC(=O)[C@@H]1[C@H]2C(=O)N(CCCO)C(C(=O)N(CC=C)CCN3CCOCC3)C23S[C@@H]1CC3C. The molecule has 0 saturated carbocycles. The fraction of sp³-hybridized carbons (Fsp3) is 0.759. The number of morpholine rings is 1. The van der Waals surface area contributed by atoms with Gasteiger partial charge < -0.3 is 24.4 Å². The zero-order chi connectivity index (χ0) is 28.0. The Morgan fingerprint density at radius 2 is 1.97 bits per heavy atom. The van der Waals surface area contributed by atoms with Crippen LogP contribution in [0.5, 0.6) is 0 Å². The first kappa shape index (κ1) is 30.1. The van der Waals surface area contributed by atoms with E-state index in [0.717, 1.165) is 45.3 Å². The molecule has 0 aliphatic carbocycles. The maximum atomic E-state index is 14.4. The normalized spacial score (nSPS) is 31.8. The number of nitrogens with zero attached hydrogens (tertiary/aromatic N) is 3. The van der Waals surface area contributed by atoms with Crippen LogP contribution in [-0.4, -0.2) is 119 Å². The van der Waals surface area contributed by atoms with Crippen molar-refractivity contribution >= 4 is 29.5 Å². The Kier molecular flexibility index (Phi) is 10.5. The fourth-order valence-electron chi connectivity index (χ4n) is 6.92. The lowest BCUT2D eigenvalue weighted by atomic mass is 9.66. The average molecular weight is 564 g/mol. The Bertz CT molecular complexity index is 911. The molecule has 39 heavy (non-hydrogen) atoms. The molecular formula is C29H45N3O6S. The van der Waals surface area contributed by atoms with Gasteiger partial charge in [-0.3, -0.25) is 19.3 Å². The fourth-order valence-corrected chi connectivity index (χ4v) is 9.32. The summed E-state index contributed by atoms with van der Waals surface area (Å²) in [5, 5.41) is 9.56. The summed E-state index contributed by atoms with van der Waals surface area (Å²) in [6.07, 6.45) is 7.27. The van der Waals surface area contributed by atoms with E-state index in [-0.39, 0.29) is 42.1 Å². The molecule has 3 unspecified atom stereocenters. The molecule has 4 heterocycles. The summed E-state index contributed by atoms with van der Waals surface area (Å²) in [5.41, 5.74) is 0. The number of aliphatic hydroxyl groups excluding tert-OH is 1. The molecule has 10 heteroatoms. The summed E-state index contributed by atoms with van der Waals surface area (Å²) in [6, 6.07) is -0.679. The molecule has 4 rings (SSSR count). The molecule has 9 nitrogen and oxygen atoms in total. The van der Waals surface area contributed by atoms with E-state index in [9.17, 15) is 19.5 Å². The van der Waals surface area contributed by atoms with Gasteiger partial charge in [0.2, 0.25) is 11.8 Å². The number of likely N-dealkylation sites (tertiary alicyclic amines) is 1. The molecule has 4 fully saturated rings. The molecule has 4 saturated heterocycles. The number of carbonyl (C=O) groups excluding carboxylic acids is 3. The number of unbranched alkanes of at least 4 members (excludes halogenated alkanes) is 2. The minimum absolute atomic E-state index is 0.0360. The summed E-state index contributed by atoms with van der Waals surface area (Å²) in [6.45, 7) is 15.0. The van der Waals surface area contributed by atoms with Gasteiger partial charge in [0.25, 0.3) is 0 Å². The predicted molar refractivity (Wildman–Crippen MR) is 151 cm³/mol. The van der Waals surface area contributed by atoms with E-state index < -0.39 is 22.6 Å². The van der Waals surface area contributed by atoms with Gasteiger partial charge in [0, 0.05) is 51.1 Å². The first-order valence-electron chi connectivity index (χ1n) is 14.5. The number of amides is 2. The minimum atomic E-state index is -0.681. The Hall–Kier alpha value is -1.88. The Morgan fingerprint density at radius 1 is 1.21 bits per heavy atom. The van der Waals surface area contributed by atoms with Crippen LogP contribution in [0, 0.1) is 17.8 Å². The highest BCUT2D eigenvalue weighted by atomic mass is 32.2. The number of fused-ring (bicyclic) bond motifs is 1. The van der Waals surface area contributed by atoms with Crippen molar-refractivity contribution in [1.82, 2.24) is 14.7 Å². The molecular weight excluding hydrogens is 518 g/mol. The number of hydrogen-bond acceptors (Lipinski definition) is 8. The number of esters is 1. The van der Waals surface area contributed by atoms with Crippen molar-refractivity contribution in [2.24, 2.45) is 17.8 Å². The zero-order valence-corrected chi connectivity index (χ0v) is 24.1. The number of allylic oxidation sites excluding steroid dienone is 1. The predicted octanol–water partition coefficient (Wildman–Crippen LogP) is 1.95. The van der Waals surface area contributed by atoms with Crippen LogP contribution in [0.4, 0.5) is 0 Å². The highest BCUT2D eigenvalue weighted by Gasteiger charge is 2.76. The third kappa shape index (κ3) is 5.94. The zero-order valence-electron chi connectivity index (χ0n) is 23.3. The first-order chi connectivity index (χ1) is 18.9. The van der Waals surface area contributed by atoms with E-state index in [0.29, 0.717) is 39.3 Å². The lowest BCUT2D eigenvalue weighted by Gasteiger charge is -2.41. The van der Waals surface area contributed by atoms with Crippen molar-refractivity contribution in [3.8, 4) is 0 Å². The molecule has 1 spiro atoms. The largest absolute Gasteiger partial charge is 0.465 e. The first-order valence-corrected chi connectivity index (χ1v) is 15.3. The Balaban J connectivity index is 1.57. The standard InChI is InChI=1S/C29H45N3O6S/c1-4-6-7-8-17-38-28(36)23-22-20-21(3)29(39-22)24(23)26(34)32(11-9-16-33)25(29)27(35)31(10-5-2)13-12-30-14-18-37-19-15-30/h4-5,21-25,33H,1-2,6-20H2,3H3/t21?,22-,23+,24+,25?,29?/m1/s1. The van der Waals surface area contributed by atoms with E-state index in [1.165, 1.54) is 0 Å². The average Bonchev–Trinajstić information content (AvgIpc) is 3.53. The molecule has 0 radical (unpaired) electrons. The second kappa shape index (κ2) is 13.7. The molecule has 218 valence electrons. The van der Waals surface area contributed by atoms with Gasteiger partial charge in [-0.1, -0.05) is 19.1 Å². The van der Waals surface area contributed by atoms with Gasteiger partial charge in [-0.25, -0.2) is 0 Å². The molecule has 2 amide bonds. The topological polar surface area (TPSA) is 99.6 Å². The summed E-state index contributed by atoms with van der Waals surface area (Å²) in [4.78, 5) is 47.6. The maximum absolute atomic E-state index is 14.4. The van der Waals surface area contributed by atoms with Gasteiger partial charge in [0.1, 0.15) is 6.04 Å². The summed E-state index contributed by atoms with van der Waals surface area (Å²) in [5.74, 6) is -1.60. The number of hydrogen-bond donors (Lipinski definition) is 1. The van der Waals surface area contributed by atoms with E-state index in [1.807, 2.05) is 11.0 Å². The van der Waals surface area contributed by atoms with Gasteiger partial charge in [0.15, 0.2) is 0 Å². The van der Waals surface area contributed by atoms with Crippen LogP contribution in [0.25, 0.3) is 0 Å². The minimum Gasteiger partial charge on any atom is -0.465 e. The number of carbonyl (C=O) groups is 3. The molecule has 0 aromatic heterocycles. The number of thioether (sulfide) groups is 1. The second-order valence-electron chi connectivity index (χ2n) is 11.1. The number of ether oxygens (including phenoxy) is 2. The van der Waals surface area contributed by atoms with Crippen molar-refractivity contribution in [3.05, 3.63) is 25.3 Å². The van der Waals surface area contributed by atoms with Gasteiger partial charge >= 0.3 is 5.97 Å². The van der Waals surface area contributed by atoms with E-state index in [2.05, 4.69) is 25.0 Å². The summed E-state index contributed by atoms with van der Waals surface area (Å²) >= 11 is 1.66. The maximum Gasteiger partial charge on any atom is 0.310 e. The van der Waals surface area contributed by atoms with E-state index >= 15 is 0 Å². The van der Waals surface area contributed by atoms with Crippen LogP contribution in [0.2, 0.25) is 0 Å². The summed E-state index contributed by atoms with van der Waals surface area (Å²) < 4.78 is 10.5. The number of rotatable bonds is 15. The molecule has 4 aliphatic rings. The van der Waals surface area contributed by atoms with E-state index in [1.54, 1.807) is 22.7 Å². The van der Waals surface area contributed by atoms with Crippen molar-refractivity contribution in [1.29, 1.82) is 0 Å².